The number of rotatable bonds is 43. The van der Waals surface area contributed by atoms with Crippen molar-refractivity contribution in [2.75, 3.05) is 40.9 Å². The number of aliphatic hydroxyl groups is 1. The van der Waals surface area contributed by atoms with Gasteiger partial charge in [0.25, 0.3) is 0 Å². The van der Waals surface area contributed by atoms with E-state index in [0.717, 1.165) is 70.6 Å². The minimum Gasteiger partial charge on any atom is -0.387 e. The van der Waals surface area contributed by atoms with Crippen LogP contribution in [0, 0.1) is 0 Å². The van der Waals surface area contributed by atoms with E-state index in [9.17, 15) is 19.4 Å². The largest absolute Gasteiger partial charge is 0.472 e. The Kier molecular flexibility index (Phi) is 41.3. The first-order valence-electron chi connectivity index (χ1n) is 24.5. The first-order chi connectivity index (χ1) is 29.5. The van der Waals surface area contributed by atoms with Gasteiger partial charge in [0.1, 0.15) is 13.2 Å². The fraction of sp³-hybridized carbons (Fsp3) is 0.712. The molecule has 0 rings (SSSR count). The van der Waals surface area contributed by atoms with Gasteiger partial charge in [-0.1, -0.05) is 189 Å². The van der Waals surface area contributed by atoms with E-state index in [2.05, 4.69) is 92.1 Å². The molecule has 3 atom stereocenters. The molecule has 1 amide bonds. The van der Waals surface area contributed by atoms with Crippen LogP contribution in [-0.4, -0.2) is 73.4 Å². The number of aliphatic hydroxyl groups excluding tert-OH is 1. The summed E-state index contributed by atoms with van der Waals surface area (Å²) in [5.74, 6) is -0.196. The van der Waals surface area contributed by atoms with Crippen LogP contribution >= 0.6 is 7.82 Å². The lowest BCUT2D eigenvalue weighted by Crippen LogP contribution is -2.45. The summed E-state index contributed by atoms with van der Waals surface area (Å²) in [5, 5.41) is 13.8. The van der Waals surface area contributed by atoms with Gasteiger partial charge in [0.15, 0.2) is 0 Å². The highest BCUT2D eigenvalue weighted by atomic mass is 31.2. The fourth-order valence-corrected chi connectivity index (χ4v) is 7.23. The van der Waals surface area contributed by atoms with E-state index in [4.69, 9.17) is 9.05 Å². The second-order valence-corrected chi connectivity index (χ2v) is 18.9. The molecule has 0 saturated heterocycles. The standard InChI is InChI=1S/C52H93N2O6P/c1-6-8-10-12-14-16-18-20-21-22-23-24-25-26-27-28-29-30-31-32-33-34-36-38-40-42-44-46-52(56)53-50(49-60-61(57,58)59-48-47-54(3,4)5)51(55)45-43-41-39-37-35-19-17-15-13-11-9-7-2/h8,10,14,16,20-21,23-24,26-27,35,37,43,45,50-51,55H,6-7,9,11-13,15,17-19,22,25,28-34,36,38-42,44,46-49H2,1-5H3,(H-,53,56,57,58)/p+1/b10-8-,16-14-,21-20-,24-23-,27-26-,37-35+,45-43+. The van der Waals surface area contributed by atoms with Crippen molar-refractivity contribution in [1.82, 2.24) is 5.32 Å². The molecular weight excluding hydrogens is 780 g/mol. The summed E-state index contributed by atoms with van der Waals surface area (Å²) in [6.45, 7) is 4.64. The Labute approximate surface area is 376 Å². The second-order valence-electron chi connectivity index (χ2n) is 17.4. The second kappa shape index (κ2) is 43.0. The summed E-state index contributed by atoms with van der Waals surface area (Å²) in [4.78, 5) is 23.1. The monoisotopic (exact) mass is 874 g/mol. The van der Waals surface area contributed by atoms with Crippen molar-refractivity contribution in [3.05, 3.63) is 85.1 Å². The van der Waals surface area contributed by atoms with Crippen LogP contribution in [0.5, 0.6) is 0 Å². The first-order valence-corrected chi connectivity index (χ1v) is 26.0. The molecule has 0 bridgehead atoms. The predicted molar refractivity (Wildman–Crippen MR) is 263 cm³/mol. The van der Waals surface area contributed by atoms with E-state index < -0.39 is 20.0 Å². The minimum atomic E-state index is -4.35. The average Bonchev–Trinajstić information content (AvgIpc) is 3.21. The Balaban J connectivity index is 4.25. The van der Waals surface area contributed by atoms with Gasteiger partial charge >= 0.3 is 7.82 Å². The summed E-state index contributed by atoms with van der Waals surface area (Å²) < 4.78 is 23.5. The number of nitrogens with one attached hydrogen (secondary N) is 1. The maximum Gasteiger partial charge on any atom is 0.472 e. The molecular formula is C52H94N2O6P+. The van der Waals surface area contributed by atoms with Crippen LogP contribution in [0.25, 0.3) is 0 Å². The van der Waals surface area contributed by atoms with Crippen molar-refractivity contribution in [2.24, 2.45) is 0 Å². The molecule has 352 valence electrons. The van der Waals surface area contributed by atoms with Crippen LogP contribution < -0.4 is 5.32 Å². The van der Waals surface area contributed by atoms with Crippen molar-refractivity contribution in [2.45, 2.75) is 199 Å². The number of unbranched alkanes of at least 4 members (excludes halogenated alkanes) is 18. The van der Waals surface area contributed by atoms with Crippen LogP contribution in [0.3, 0.4) is 0 Å². The van der Waals surface area contributed by atoms with E-state index in [0.29, 0.717) is 17.4 Å². The Hall–Kier alpha value is -2.32. The smallest absolute Gasteiger partial charge is 0.387 e. The van der Waals surface area contributed by atoms with Gasteiger partial charge in [0.05, 0.1) is 39.9 Å². The summed E-state index contributed by atoms with van der Waals surface area (Å²) in [6, 6.07) is -0.868. The third kappa shape index (κ3) is 45.5. The van der Waals surface area contributed by atoms with Crippen molar-refractivity contribution in [3.8, 4) is 0 Å². The SMILES string of the molecule is CC/C=C\C/C=C\C/C=C\C/C=C\C/C=C\CCCCCCCCCCCCCC(=O)NC(COP(=O)(O)OCC[N+](C)(C)C)C(O)/C=C/CC/C=C/CCCCCCCC. The molecule has 0 heterocycles. The van der Waals surface area contributed by atoms with E-state index in [1.807, 2.05) is 27.2 Å². The summed E-state index contributed by atoms with van der Waals surface area (Å²) in [6.07, 6.45) is 59.5. The number of nitrogens with zero attached hydrogens (tertiary/aromatic N) is 1. The molecule has 0 aliphatic heterocycles. The summed E-state index contributed by atoms with van der Waals surface area (Å²) >= 11 is 0. The lowest BCUT2D eigenvalue weighted by atomic mass is 10.0. The van der Waals surface area contributed by atoms with Gasteiger partial charge in [-0.2, -0.15) is 0 Å². The highest BCUT2D eigenvalue weighted by molar-refractivity contribution is 7.47. The Morgan fingerprint density at radius 3 is 1.51 bits per heavy atom. The van der Waals surface area contributed by atoms with Crippen LogP contribution in [0.15, 0.2) is 85.1 Å². The van der Waals surface area contributed by atoms with Gasteiger partial charge in [-0.3, -0.25) is 13.8 Å². The minimum absolute atomic E-state index is 0.0517. The maximum absolute atomic E-state index is 12.9. The average molecular weight is 874 g/mol. The molecule has 0 aromatic heterocycles. The molecule has 3 unspecified atom stereocenters. The number of carbonyl (C=O) groups is 1. The Morgan fingerprint density at radius 2 is 1.00 bits per heavy atom. The molecule has 0 fully saturated rings. The zero-order chi connectivity index (χ0) is 45.0. The van der Waals surface area contributed by atoms with Crippen LogP contribution in [-0.2, 0) is 18.4 Å². The number of likely N-dealkylation sites (N-methyl/N-ethyl adjacent to an activating group) is 1. The Morgan fingerprint density at radius 1 is 0.574 bits per heavy atom. The highest BCUT2D eigenvalue weighted by Crippen LogP contribution is 2.43. The van der Waals surface area contributed by atoms with Gasteiger partial charge in [-0.25, -0.2) is 4.57 Å². The van der Waals surface area contributed by atoms with Gasteiger partial charge in [-0.05, 0) is 77.0 Å². The van der Waals surface area contributed by atoms with Gasteiger partial charge in [0.2, 0.25) is 5.91 Å². The number of phosphoric ester groups is 1. The molecule has 0 aromatic carbocycles. The number of hydrogen-bond donors (Lipinski definition) is 3. The van der Waals surface area contributed by atoms with Crippen molar-refractivity contribution >= 4 is 13.7 Å². The molecule has 3 N–H and O–H groups in total. The molecule has 61 heavy (non-hydrogen) atoms. The lowest BCUT2D eigenvalue weighted by Gasteiger charge is -2.25. The third-order valence-electron chi connectivity index (χ3n) is 10.3. The van der Waals surface area contributed by atoms with Crippen LogP contribution in [0.1, 0.15) is 187 Å². The number of allylic oxidation sites excluding steroid dienone is 13. The third-order valence-corrected chi connectivity index (χ3v) is 11.3. The predicted octanol–water partition coefficient (Wildman–Crippen LogP) is 14.1. The Bertz CT molecular complexity index is 1260. The number of carbonyl (C=O) groups excluding carboxylic acids is 1. The van der Waals surface area contributed by atoms with Gasteiger partial charge in [0, 0.05) is 6.42 Å². The molecule has 0 aromatic rings. The van der Waals surface area contributed by atoms with Crippen molar-refractivity contribution < 1.29 is 32.9 Å². The molecule has 0 radical (unpaired) electrons. The van der Waals surface area contributed by atoms with Gasteiger partial charge < -0.3 is 19.8 Å². The van der Waals surface area contributed by atoms with E-state index in [1.54, 1.807) is 6.08 Å². The molecule has 0 saturated carbocycles. The van der Waals surface area contributed by atoms with E-state index in [1.165, 1.54) is 96.3 Å². The summed E-state index contributed by atoms with van der Waals surface area (Å²) in [7, 11) is 1.54. The fourth-order valence-electron chi connectivity index (χ4n) is 6.49. The topological polar surface area (TPSA) is 105 Å². The number of hydrogen-bond acceptors (Lipinski definition) is 5. The molecule has 0 aliphatic carbocycles. The van der Waals surface area contributed by atoms with Gasteiger partial charge in [-0.15, -0.1) is 0 Å². The number of quaternary nitrogens is 1. The quantitative estimate of drug-likeness (QED) is 0.0244. The van der Waals surface area contributed by atoms with E-state index in [-0.39, 0.29) is 19.1 Å². The van der Waals surface area contributed by atoms with Crippen molar-refractivity contribution in [3.63, 3.8) is 0 Å². The zero-order valence-corrected chi connectivity index (χ0v) is 40.8. The van der Waals surface area contributed by atoms with E-state index >= 15 is 0 Å². The lowest BCUT2D eigenvalue weighted by molar-refractivity contribution is -0.870. The molecule has 0 aliphatic rings. The van der Waals surface area contributed by atoms with Crippen LogP contribution in [0.4, 0.5) is 0 Å². The number of amides is 1. The molecule has 0 spiro atoms. The molecule has 9 heteroatoms. The first kappa shape index (κ1) is 58.7. The van der Waals surface area contributed by atoms with Crippen molar-refractivity contribution in [1.29, 1.82) is 0 Å². The normalized spacial score (nSPS) is 14.9. The molecule has 8 nitrogen and oxygen atoms in total. The summed E-state index contributed by atoms with van der Waals surface area (Å²) in [5.41, 5.74) is 0. The van der Waals surface area contributed by atoms with Crippen LogP contribution in [0.2, 0.25) is 0 Å². The maximum atomic E-state index is 12.9. The highest BCUT2D eigenvalue weighted by Gasteiger charge is 2.27. The zero-order valence-electron chi connectivity index (χ0n) is 39.9. The number of phosphoric acid groups is 1.